The normalized spacial score (nSPS) is 11.2. The maximum Gasteiger partial charge on any atom is 0.231 e. The van der Waals surface area contributed by atoms with Crippen LogP contribution in [0.3, 0.4) is 0 Å². The zero-order valence-electron chi connectivity index (χ0n) is 12.2. The van der Waals surface area contributed by atoms with Crippen molar-refractivity contribution in [3.63, 3.8) is 0 Å². The second kappa shape index (κ2) is 6.09. The second-order valence-corrected chi connectivity index (χ2v) is 6.82. The summed E-state index contributed by atoms with van der Waals surface area (Å²) in [6.07, 6.45) is 4.41. The van der Waals surface area contributed by atoms with Gasteiger partial charge in [0.15, 0.2) is 0 Å². The molecule has 0 saturated carbocycles. The number of anilines is 2. The molecule has 21 heavy (non-hydrogen) atoms. The Morgan fingerprint density at radius 3 is 2.76 bits per heavy atom. The minimum atomic E-state index is -3.25. The predicted molar refractivity (Wildman–Crippen MR) is 83.8 cm³/mol. The van der Waals surface area contributed by atoms with Gasteiger partial charge in [-0.1, -0.05) is 12.1 Å². The first kappa shape index (κ1) is 15.2. The molecule has 7 heteroatoms. The molecule has 1 aromatic heterocycles. The Hall–Kier alpha value is -2.15. The minimum Gasteiger partial charge on any atom is -0.366 e. The zero-order chi connectivity index (χ0) is 15.5. The van der Waals surface area contributed by atoms with Gasteiger partial charge in [0, 0.05) is 25.4 Å². The lowest BCUT2D eigenvalue weighted by Crippen LogP contribution is -2.24. The number of nitrogens with zero attached hydrogens (tertiary/aromatic N) is 3. The quantitative estimate of drug-likeness (QED) is 0.911. The minimum absolute atomic E-state index is 0.559. The number of hydrogen-bond donors (Lipinski definition) is 1. The van der Waals surface area contributed by atoms with Crippen LogP contribution < -0.4 is 9.62 Å². The summed E-state index contributed by atoms with van der Waals surface area (Å²) in [7, 11) is -1.72. The summed E-state index contributed by atoms with van der Waals surface area (Å²) >= 11 is 0. The molecule has 2 aromatic rings. The molecule has 0 aliphatic rings. The Bertz CT molecular complexity index is 731. The predicted octanol–water partition coefficient (Wildman–Crippen LogP) is 1.79. The van der Waals surface area contributed by atoms with Gasteiger partial charge in [0.05, 0.1) is 11.9 Å². The third-order valence-electron chi connectivity index (χ3n) is 3.13. The molecule has 112 valence electrons. The van der Waals surface area contributed by atoms with Gasteiger partial charge in [-0.15, -0.1) is 0 Å². The molecule has 0 unspecified atom stereocenters. The van der Waals surface area contributed by atoms with Crippen LogP contribution >= 0.6 is 0 Å². The van der Waals surface area contributed by atoms with E-state index in [1.54, 1.807) is 12.3 Å². The Morgan fingerprint density at radius 1 is 1.33 bits per heavy atom. The van der Waals surface area contributed by atoms with Crippen LogP contribution in [0.4, 0.5) is 11.5 Å². The molecule has 1 heterocycles. The van der Waals surface area contributed by atoms with Crippen molar-refractivity contribution in [1.29, 1.82) is 0 Å². The zero-order valence-corrected chi connectivity index (χ0v) is 13.1. The summed E-state index contributed by atoms with van der Waals surface area (Å²) in [5.41, 5.74) is 2.57. The van der Waals surface area contributed by atoms with E-state index in [0.717, 1.165) is 16.9 Å². The van der Waals surface area contributed by atoms with Crippen LogP contribution in [-0.4, -0.2) is 31.7 Å². The van der Waals surface area contributed by atoms with Crippen LogP contribution in [0.5, 0.6) is 0 Å². The highest BCUT2D eigenvalue weighted by Crippen LogP contribution is 2.18. The molecule has 0 aliphatic carbocycles. The Labute approximate surface area is 124 Å². The van der Waals surface area contributed by atoms with Gasteiger partial charge in [-0.3, -0.25) is 4.31 Å². The third-order valence-corrected chi connectivity index (χ3v) is 4.33. The number of aryl methyl sites for hydroxylation is 1. The highest BCUT2D eigenvalue weighted by atomic mass is 32.2. The van der Waals surface area contributed by atoms with Crippen molar-refractivity contribution in [1.82, 2.24) is 9.97 Å². The summed E-state index contributed by atoms with van der Waals surface area (Å²) in [4.78, 5) is 8.10. The molecule has 1 aromatic carbocycles. The summed E-state index contributed by atoms with van der Waals surface area (Å²) in [5.74, 6) is 0.770. The smallest absolute Gasteiger partial charge is 0.231 e. The molecule has 0 aliphatic heterocycles. The van der Waals surface area contributed by atoms with E-state index >= 15 is 0 Å². The van der Waals surface area contributed by atoms with Crippen LogP contribution in [0, 0.1) is 6.92 Å². The van der Waals surface area contributed by atoms with Crippen LogP contribution in [0.25, 0.3) is 0 Å². The lowest BCUT2D eigenvalue weighted by atomic mass is 10.2. The molecule has 0 bridgehead atoms. The van der Waals surface area contributed by atoms with Crippen molar-refractivity contribution in [2.24, 2.45) is 0 Å². The van der Waals surface area contributed by atoms with Gasteiger partial charge >= 0.3 is 0 Å². The monoisotopic (exact) mass is 306 g/mol. The fourth-order valence-corrected chi connectivity index (χ4v) is 2.32. The largest absolute Gasteiger partial charge is 0.366 e. The molecule has 0 atom stereocenters. The Morgan fingerprint density at radius 2 is 2.10 bits per heavy atom. The number of sulfonamides is 1. The molecule has 2 rings (SSSR count). The van der Waals surface area contributed by atoms with Crippen molar-refractivity contribution in [2.45, 2.75) is 13.5 Å². The fourth-order valence-electron chi connectivity index (χ4n) is 1.82. The van der Waals surface area contributed by atoms with Gasteiger partial charge in [0.1, 0.15) is 12.1 Å². The second-order valence-electron chi connectivity index (χ2n) is 4.81. The highest BCUT2D eigenvalue weighted by molar-refractivity contribution is 7.92. The lowest BCUT2D eigenvalue weighted by molar-refractivity contribution is 0.600. The molecule has 1 N–H and O–H groups in total. The van der Waals surface area contributed by atoms with Crippen molar-refractivity contribution < 1.29 is 8.42 Å². The highest BCUT2D eigenvalue weighted by Gasteiger charge is 2.11. The van der Waals surface area contributed by atoms with Gasteiger partial charge in [-0.05, 0) is 24.6 Å². The van der Waals surface area contributed by atoms with Gasteiger partial charge in [0.2, 0.25) is 10.0 Å². The van der Waals surface area contributed by atoms with Crippen molar-refractivity contribution in [3.05, 3.63) is 47.9 Å². The molecule has 0 radical (unpaired) electrons. The van der Waals surface area contributed by atoms with E-state index in [1.165, 1.54) is 23.9 Å². The number of rotatable bonds is 5. The van der Waals surface area contributed by atoms with E-state index in [0.29, 0.717) is 12.2 Å². The summed E-state index contributed by atoms with van der Waals surface area (Å²) in [6, 6.07) is 7.37. The SMILES string of the molecule is Cc1cncnc1NCc1cccc(N(C)S(C)(=O)=O)c1. The number of aromatic nitrogens is 2. The standard InChI is InChI=1S/C14H18N4O2S/c1-11-8-15-10-17-14(11)16-9-12-5-4-6-13(7-12)18(2)21(3,19)20/h4-8,10H,9H2,1-3H3,(H,15,16,17). The van der Waals surface area contributed by atoms with Crippen molar-refractivity contribution in [2.75, 3.05) is 22.9 Å². The van der Waals surface area contributed by atoms with Crippen molar-refractivity contribution in [3.8, 4) is 0 Å². The van der Waals surface area contributed by atoms with Crippen LogP contribution in [0.15, 0.2) is 36.8 Å². The average molecular weight is 306 g/mol. The first-order chi connectivity index (χ1) is 9.88. The maximum atomic E-state index is 11.6. The van der Waals surface area contributed by atoms with Gasteiger partial charge in [-0.25, -0.2) is 18.4 Å². The summed E-state index contributed by atoms with van der Waals surface area (Å²) < 4.78 is 24.4. The average Bonchev–Trinajstić information content (AvgIpc) is 2.45. The molecular weight excluding hydrogens is 288 g/mol. The van der Waals surface area contributed by atoms with Gasteiger partial charge in [-0.2, -0.15) is 0 Å². The van der Waals surface area contributed by atoms with Gasteiger partial charge < -0.3 is 5.32 Å². The van der Waals surface area contributed by atoms with Crippen LogP contribution in [0.1, 0.15) is 11.1 Å². The molecule has 0 fully saturated rings. The Balaban J connectivity index is 2.14. The Kier molecular flexibility index (Phi) is 4.42. The van der Waals surface area contributed by atoms with Crippen LogP contribution in [0.2, 0.25) is 0 Å². The summed E-state index contributed by atoms with van der Waals surface area (Å²) in [5, 5.41) is 3.22. The van der Waals surface area contributed by atoms with E-state index in [4.69, 9.17) is 0 Å². The summed E-state index contributed by atoms with van der Waals surface area (Å²) in [6.45, 7) is 2.49. The van der Waals surface area contributed by atoms with E-state index in [9.17, 15) is 8.42 Å². The number of nitrogens with one attached hydrogen (secondary N) is 1. The maximum absolute atomic E-state index is 11.6. The molecule has 0 spiro atoms. The van der Waals surface area contributed by atoms with E-state index in [2.05, 4.69) is 15.3 Å². The first-order valence-corrected chi connectivity index (χ1v) is 8.26. The fraction of sp³-hybridized carbons (Fsp3) is 0.286. The van der Waals surface area contributed by atoms with E-state index in [1.807, 2.05) is 25.1 Å². The molecule has 0 saturated heterocycles. The van der Waals surface area contributed by atoms with E-state index < -0.39 is 10.0 Å². The third kappa shape index (κ3) is 3.91. The van der Waals surface area contributed by atoms with Crippen molar-refractivity contribution >= 4 is 21.5 Å². The van der Waals surface area contributed by atoms with E-state index in [-0.39, 0.29) is 0 Å². The number of benzene rings is 1. The molecular formula is C14H18N4O2S. The molecule has 0 amide bonds. The van der Waals surface area contributed by atoms with Gasteiger partial charge in [0.25, 0.3) is 0 Å². The molecule has 6 nitrogen and oxygen atoms in total. The number of hydrogen-bond acceptors (Lipinski definition) is 5. The first-order valence-electron chi connectivity index (χ1n) is 6.41. The lowest BCUT2D eigenvalue weighted by Gasteiger charge is -2.17. The van der Waals surface area contributed by atoms with Crippen LogP contribution in [-0.2, 0) is 16.6 Å². The topological polar surface area (TPSA) is 75.2 Å².